The van der Waals surface area contributed by atoms with E-state index < -0.39 is 0 Å². The van der Waals surface area contributed by atoms with Crippen LogP contribution in [0.3, 0.4) is 0 Å². The van der Waals surface area contributed by atoms with E-state index in [9.17, 15) is 4.79 Å². The third-order valence-corrected chi connectivity index (χ3v) is 2.61. The lowest BCUT2D eigenvalue weighted by molar-refractivity contribution is 0.670. The smallest absolute Gasteiger partial charge is 0.252 e. The normalized spacial score (nSPS) is 21.5. The zero-order chi connectivity index (χ0) is 9.97. The highest BCUT2D eigenvalue weighted by atomic mass is 16.1. The Labute approximate surface area is 82.0 Å². The van der Waals surface area contributed by atoms with E-state index in [1.54, 1.807) is 0 Å². The van der Waals surface area contributed by atoms with Crippen LogP contribution in [0.15, 0.2) is 17.2 Å². The molecule has 1 atom stereocenters. The van der Waals surface area contributed by atoms with E-state index in [-0.39, 0.29) is 5.56 Å². The Bertz CT molecular complexity index is 362. The van der Waals surface area contributed by atoms with Gasteiger partial charge in [-0.3, -0.25) is 4.79 Å². The van der Waals surface area contributed by atoms with Gasteiger partial charge in [-0.2, -0.15) is 0 Å². The second kappa shape index (κ2) is 3.79. The number of hydrogen-bond donors (Lipinski definition) is 2. The summed E-state index contributed by atoms with van der Waals surface area (Å²) in [7, 11) is 0. The Kier molecular flexibility index (Phi) is 2.49. The number of nitrogens with two attached hydrogens (primary N) is 1. The van der Waals surface area contributed by atoms with Gasteiger partial charge in [0, 0.05) is 25.2 Å². The standard InChI is InChI=1S/C9H14N4O/c10-5-7-2-1-3-13(7)8-4-9(14)12-6-11-8/h4,6-7H,1-3,5,10H2,(H,11,12,14). The Morgan fingerprint density at radius 2 is 2.57 bits per heavy atom. The maximum atomic E-state index is 11.1. The van der Waals surface area contributed by atoms with Gasteiger partial charge in [0.2, 0.25) is 0 Å². The lowest BCUT2D eigenvalue weighted by atomic mass is 10.2. The zero-order valence-corrected chi connectivity index (χ0v) is 7.94. The molecule has 0 amide bonds. The number of aromatic amines is 1. The molecule has 0 saturated carbocycles. The van der Waals surface area contributed by atoms with Crippen LogP contribution in [0.1, 0.15) is 12.8 Å². The molecule has 2 heterocycles. The predicted molar refractivity (Wildman–Crippen MR) is 54.3 cm³/mol. The summed E-state index contributed by atoms with van der Waals surface area (Å²) in [5.74, 6) is 0.738. The molecule has 5 heteroatoms. The molecular formula is C9H14N4O. The van der Waals surface area contributed by atoms with Crippen molar-refractivity contribution in [2.45, 2.75) is 18.9 Å². The highest BCUT2D eigenvalue weighted by Crippen LogP contribution is 2.21. The van der Waals surface area contributed by atoms with Gasteiger partial charge in [0.1, 0.15) is 5.82 Å². The molecule has 0 aliphatic carbocycles. The van der Waals surface area contributed by atoms with E-state index in [0.717, 1.165) is 25.2 Å². The average molecular weight is 194 g/mol. The topological polar surface area (TPSA) is 75.0 Å². The number of nitrogens with zero attached hydrogens (tertiary/aromatic N) is 2. The third kappa shape index (κ3) is 1.63. The Hall–Kier alpha value is -1.36. The first-order valence-electron chi connectivity index (χ1n) is 4.82. The molecule has 14 heavy (non-hydrogen) atoms. The monoisotopic (exact) mass is 194 g/mol. The van der Waals surface area contributed by atoms with E-state index in [2.05, 4.69) is 14.9 Å². The largest absolute Gasteiger partial charge is 0.352 e. The van der Waals surface area contributed by atoms with Crippen LogP contribution in [0.4, 0.5) is 5.82 Å². The first kappa shape index (κ1) is 9.21. The molecule has 1 aromatic heterocycles. The molecule has 1 aliphatic rings. The van der Waals surface area contributed by atoms with Gasteiger partial charge >= 0.3 is 0 Å². The molecule has 76 valence electrons. The second-order valence-corrected chi connectivity index (χ2v) is 3.49. The Balaban J connectivity index is 2.26. The lowest BCUT2D eigenvalue weighted by Gasteiger charge is -2.23. The SMILES string of the molecule is NCC1CCCN1c1cc(=O)[nH]cn1. The maximum Gasteiger partial charge on any atom is 0.252 e. The first-order valence-corrected chi connectivity index (χ1v) is 4.82. The van der Waals surface area contributed by atoms with Crippen molar-refractivity contribution in [3.63, 3.8) is 0 Å². The van der Waals surface area contributed by atoms with Gasteiger partial charge in [0.05, 0.1) is 6.33 Å². The van der Waals surface area contributed by atoms with Gasteiger partial charge in [-0.1, -0.05) is 0 Å². The number of H-pyrrole nitrogens is 1. The van der Waals surface area contributed by atoms with Crippen LogP contribution >= 0.6 is 0 Å². The van der Waals surface area contributed by atoms with Crippen molar-refractivity contribution >= 4 is 5.82 Å². The van der Waals surface area contributed by atoms with Crippen molar-refractivity contribution in [2.75, 3.05) is 18.0 Å². The minimum atomic E-state index is -0.113. The lowest BCUT2D eigenvalue weighted by Crippen LogP contribution is -2.36. The zero-order valence-electron chi connectivity index (χ0n) is 7.94. The fourth-order valence-corrected chi connectivity index (χ4v) is 1.90. The molecule has 1 saturated heterocycles. The summed E-state index contributed by atoms with van der Waals surface area (Å²) in [5.41, 5.74) is 5.53. The van der Waals surface area contributed by atoms with Crippen molar-refractivity contribution in [2.24, 2.45) is 5.73 Å². The molecule has 5 nitrogen and oxygen atoms in total. The van der Waals surface area contributed by atoms with Crippen molar-refractivity contribution < 1.29 is 0 Å². The van der Waals surface area contributed by atoms with E-state index >= 15 is 0 Å². The molecule has 0 bridgehead atoms. The van der Waals surface area contributed by atoms with Crippen LogP contribution in [0.2, 0.25) is 0 Å². The van der Waals surface area contributed by atoms with Gasteiger partial charge in [-0.05, 0) is 12.8 Å². The van der Waals surface area contributed by atoms with Crippen molar-refractivity contribution in [3.05, 3.63) is 22.7 Å². The van der Waals surface area contributed by atoms with Crippen LogP contribution in [0.5, 0.6) is 0 Å². The number of anilines is 1. The fourth-order valence-electron chi connectivity index (χ4n) is 1.90. The van der Waals surface area contributed by atoms with Crippen molar-refractivity contribution in [1.82, 2.24) is 9.97 Å². The molecule has 0 aromatic carbocycles. The molecule has 3 N–H and O–H groups in total. The van der Waals surface area contributed by atoms with E-state index in [1.807, 2.05) is 0 Å². The van der Waals surface area contributed by atoms with Gasteiger partial charge in [-0.15, -0.1) is 0 Å². The summed E-state index contributed by atoms with van der Waals surface area (Å²) in [4.78, 5) is 19.8. The highest BCUT2D eigenvalue weighted by molar-refractivity contribution is 5.39. The first-order chi connectivity index (χ1) is 6.81. The molecule has 1 aromatic rings. The van der Waals surface area contributed by atoms with Gasteiger partial charge in [0.25, 0.3) is 5.56 Å². The number of rotatable bonds is 2. The van der Waals surface area contributed by atoms with E-state index in [1.165, 1.54) is 12.4 Å². The van der Waals surface area contributed by atoms with E-state index in [4.69, 9.17) is 5.73 Å². The molecule has 1 fully saturated rings. The third-order valence-electron chi connectivity index (χ3n) is 2.61. The van der Waals surface area contributed by atoms with Crippen LogP contribution in [0, 0.1) is 0 Å². The molecule has 1 aliphatic heterocycles. The Morgan fingerprint density at radius 1 is 1.71 bits per heavy atom. The van der Waals surface area contributed by atoms with Gasteiger partial charge in [0.15, 0.2) is 0 Å². The minimum absolute atomic E-state index is 0.113. The number of hydrogen-bond acceptors (Lipinski definition) is 4. The van der Waals surface area contributed by atoms with E-state index in [0.29, 0.717) is 12.6 Å². The predicted octanol–water partition coefficient (Wildman–Crippen LogP) is -0.303. The molecular weight excluding hydrogens is 180 g/mol. The molecule has 1 unspecified atom stereocenters. The van der Waals surface area contributed by atoms with Crippen LogP contribution in [0.25, 0.3) is 0 Å². The minimum Gasteiger partial charge on any atom is -0.352 e. The van der Waals surface area contributed by atoms with Crippen LogP contribution < -0.4 is 16.2 Å². The second-order valence-electron chi connectivity index (χ2n) is 3.49. The number of nitrogens with one attached hydrogen (secondary N) is 1. The van der Waals surface area contributed by atoms with Crippen LogP contribution in [-0.4, -0.2) is 29.1 Å². The number of aromatic nitrogens is 2. The summed E-state index contributed by atoms with van der Waals surface area (Å²) in [6, 6.07) is 1.86. The summed E-state index contributed by atoms with van der Waals surface area (Å²) in [6.07, 6.45) is 3.64. The summed E-state index contributed by atoms with van der Waals surface area (Å²) < 4.78 is 0. The fraction of sp³-hybridized carbons (Fsp3) is 0.556. The van der Waals surface area contributed by atoms with Gasteiger partial charge < -0.3 is 15.6 Å². The van der Waals surface area contributed by atoms with Crippen molar-refractivity contribution in [1.29, 1.82) is 0 Å². The summed E-state index contributed by atoms with van der Waals surface area (Å²) in [5, 5.41) is 0. The van der Waals surface area contributed by atoms with Crippen molar-refractivity contribution in [3.8, 4) is 0 Å². The maximum absolute atomic E-state index is 11.1. The molecule has 0 radical (unpaired) electrons. The summed E-state index contributed by atoms with van der Waals surface area (Å²) >= 11 is 0. The molecule has 0 spiro atoms. The summed E-state index contributed by atoms with van der Waals surface area (Å²) in [6.45, 7) is 1.56. The average Bonchev–Trinajstić information content (AvgIpc) is 2.65. The molecule has 2 rings (SSSR count). The van der Waals surface area contributed by atoms with Crippen LogP contribution in [-0.2, 0) is 0 Å². The highest BCUT2D eigenvalue weighted by Gasteiger charge is 2.24. The quantitative estimate of drug-likeness (QED) is 0.677. The Morgan fingerprint density at radius 3 is 3.29 bits per heavy atom. The van der Waals surface area contributed by atoms with Gasteiger partial charge in [-0.25, -0.2) is 4.98 Å².